The van der Waals surface area contributed by atoms with Crippen molar-refractivity contribution < 1.29 is 4.74 Å². The summed E-state index contributed by atoms with van der Waals surface area (Å²) >= 11 is 0. The van der Waals surface area contributed by atoms with Crippen LogP contribution in [0.4, 0.5) is 0 Å². The third kappa shape index (κ3) is 4.13. The van der Waals surface area contributed by atoms with Crippen LogP contribution in [0.5, 0.6) is 0 Å². The SMILES string of the molecule is COCCCCn1cc(CNC2CC2)c(C)n1. The number of hydrogen-bond donors (Lipinski definition) is 1. The number of aryl methyl sites for hydroxylation is 2. The third-order valence-electron chi connectivity index (χ3n) is 3.19. The molecule has 0 spiro atoms. The second kappa shape index (κ2) is 6.17. The Morgan fingerprint density at radius 2 is 2.29 bits per heavy atom. The Kier molecular flexibility index (Phi) is 4.57. The lowest BCUT2D eigenvalue weighted by atomic mass is 10.2. The van der Waals surface area contributed by atoms with E-state index in [4.69, 9.17) is 4.74 Å². The molecule has 0 radical (unpaired) electrons. The van der Waals surface area contributed by atoms with Gasteiger partial charge in [0.2, 0.25) is 0 Å². The highest BCUT2D eigenvalue weighted by molar-refractivity contribution is 5.15. The summed E-state index contributed by atoms with van der Waals surface area (Å²) in [5.41, 5.74) is 2.49. The minimum atomic E-state index is 0.763. The van der Waals surface area contributed by atoms with Crippen LogP contribution in [0, 0.1) is 6.92 Å². The molecule has 0 aromatic carbocycles. The number of nitrogens with one attached hydrogen (secondary N) is 1. The average molecular weight is 237 g/mol. The van der Waals surface area contributed by atoms with Gasteiger partial charge in [0.15, 0.2) is 0 Å². The number of hydrogen-bond acceptors (Lipinski definition) is 3. The molecule has 0 amide bonds. The highest BCUT2D eigenvalue weighted by atomic mass is 16.5. The first-order valence-electron chi connectivity index (χ1n) is 6.55. The van der Waals surface area contributed by atoms with Crippen molar-refractivity contribution in [1.82, 2.24) is 15.1 Å². The fourth-order valence-corrected chi connectivity index (χ4v) is 1.91. The molecule has 0 bridgehead atoms. The summed E-state index contributed by atoms with van der Waals surface area (Å²) in [5, 5.41) is 8.07. The van der Waals surface area contributed by atoms with E-state index in [2.05, 4.69) is 28.2 Å². The predicted octanol–water partition coefficient (Wildman–Crippen LogP) is 1.87. The molecule has 17 heavy (non-hydrogen) atoms. The van der Waals surface area contributed by atoms with E-state index < -0.39 is 0 Å². The molecular formula is C13H23N3O. The van der Waals surface area contributed by atoms with E-state index >= 15 is 0 Å². The minimum Gasteiger partial charge on any atom is -0.385 e. The molecule has 0 aliphatic heterocycles. The van der Waals surface area contributed by atoms with Crippen molar-refractivity contribution in [2.45, 2.75) is 51.7 Å². The summed E-state index contributed by atoms with van der Waals surface area (Å²) in [5.74, 6) is 0. The van der Waals surface area contributed by atoms with Gasteiger partial charge in [-0.2, -0.15) is 5.10 Å². The van der Waals surface area contributed by atoms with Gasteiger partial charge in [0.25, 0.3) is 0 Å². The van der Waals surface area contributed by atoms with Crippen LogP contribution in [-0.4, -0.2) is 29.5 Å². The van der Waals surface area contributed by atoms with Gasteiger partial charge in [0.1, 0.15) is 0 Å². The van der Waals surface area contributed by atoms with E-state index in [1.54, 1.807) is 7.11 Å². The van der Waals surface area contributed by atoms with E-state index in [0.29, 0.717) is 0 Å². The standard InChI is InChI=1S/C13H23N3O/c1-11-12(9-14-13-5-6-13)10-16(15-11)7-3-4-8-17-2/h10,13-14H,3-9H2,1-2H3. The van der Waals surface area contributed by atoms with Gasteiger partial charge >= 0.3 is 0 Å². The lowest BCUT2D eigenvalue weighted by molar-refractivity contribution is 0.191. The molecule has 1 fully saturated rings. The zero-order chi connectivity index (χ0) is 12.1. The van der Waals surface area contributed by atoms with E-state index in [0.717, 1.165) is 44.3 Å². The summed E-state index contributed by atoms with van der Waals surface area (Å²) in [6, 6.07) is 0.763. The van der Waals surface area contributed by atoms with Crippen LogP contribution in [0.2, 0.25) is 0 Å². The van der Waals surface area contributed by atoms with E-state index in [1.165, 1.54) is 18.4 Å². The molecule has 1 aliphatic rings. The van der Waals surface area contributed by atoms with E-state index in [1.807, 2.05) is 0 Å². The summed E-state index contributed by atoms with van der Waals surface area (Å²) in [7, 11) is 1.75. The Morgan fingerprint density at radius 1 is 1.47 bits per heavy atom. The Balaban J connectivity index is 1.75. The molecule has 0 atom stereocenters. The second-order valence-electron chi connectivity index (χ2n) is 4.86. The number of unbranched alkanes of at least 4 members (excludes halogenated alkanes) is 1. The second-order valence-corrected chi connectivity index (χ2v) is 4.86. The molecular weight excluding hydrogens is 214 g/mol. The van der Waals surface area contributed by atoms with E-state index in [-0.39, 0.29) is 0 Å². The molecule has 4 nitrogen and oxygen atoms in total. The quantitative estimate of drug-likeness (QED) is 0.702. The molecule has 0 saturated heterocycles. The van der Waals surface area contributed by atoms with Crippen LogP contribution < -0.4 is 5.32 Å². The van der Waals surface area contributed by atoms with Crippen LogP contribution >= 0.6 is 0 Å². The first-order chi connectivity index (χ1) is 8.29. The van der Waals surface area contributed by atoms with E-state index in [9.17, 15) is 0 Å². The van der Waals surface area contributed by atoms with Crippen molar-refractivity contribution in [2.75, 3.05) is 13.7 Å². The fourth-order valence-electron chi connectivity index (χ4n) is 1.91. The van der Waals surface area contributed by atoms with Crippen molar-refractivity contribution in [2.24, 2.45) is 0 Å². The Bertz CT molecular complexity index is 344. The summed E-state index contributed by atoms with van der Waals surface area (Å²) in [6.45, 7) is 4.90. The van der Waals surface area contributed by atoms with Crippen LogP contribution in [0.25, 0.3) is 0 Å². The summed E-state index contributed by atoms with van der Waals surface area (Å²) in [4.78, 5) is 0. The maximum atomic E-state index is 5.04. The van der Waals surface area contributed by atoms with Crippen molar-refractivity contribution in [3.8, 4) is 0 Å². The van der Waals surface area contributed by atoms with Crippen molar-refractivity contribution in [3.05, 3.63) is 17.5 Å². The molecule has 1 heterocycles. The molecule has 2 rings (SSSR count). The van der Waals surface area contributed by atoms with Crippen LogP contribution in [0.1, 0.15) is 36.9 Å². The third-order valence-corrected chi connectivity index (χ3v) is 3.19. The predicted molar refractivity (Wildman–Crippen MR) is 67.9 cm³/mol. The molecule has 1 aromatic heterocycles. The first kappa shape index (κ1) is 12.6. The van der Waals surface area contributed by atoms with Crippen molar-refractivity contribution in [3.63, 3.8) is 0 Å². The summed E-state index contributed by atoms with van der Waals surface area (Å²) in [6.07, 6.45) is 7.08. The molecule has 1 aliphatic carbocycles. The largest absolute Gasteiger partial charge is 0.385 e. The van der Waals surface area contributed by atoms with Gasteiger partial charge in [-0.3, -0.25) is 4.68 Å². The van der Waals surface area contributed by atoms with Crippen molar-refractivity contribution in [1.29, 1.82) is 0 Å². The van der Waals surface area contributed by atoms with Crippen LogP contribution in [-0.2, 0) is 17.8 Å². The number of methoxy groups -OCH3 is 1. The van der Waals surface area contributed by atoms with Gasteiger partial charge in [-0.25, -0.2) is 0 Å². The maximum absolute atomic E-state index is 5.04. The van der Waals surface area contributed by atoms with Gasteiger partial charge in [0.05, 0.1) is 5.69 Å². The van der Waals surface area contributed by atoms with Gasteiger partial charge in [-0.05, 0) is 32.6 Å². The highest BCUT2D eigenvalue weighted by Gasteiger charge is 2.20. The molecule has 1 N–H and O–H groups in total. The smallest absolute Gasteiger partial charge is 0.0638 e. The lowest BCUT2D eigenvalue weighted by Gasteiger charge is -2.01. The van der Waals surface area contributed by atoms with Gasteiger partial charge in [-0.1, -0.05) is 0 Å². The first-order valence-corrected chi connectivity index (χ1v) is 6.55. The summed E-state index contributed by atoms with van der Waals surface area (Å²) < 4.78 is 7.11. The molecule has 1 saturated carbocycles. The molecule has 1 aromatic rings. The molecule has 96 valence electrons. The molecule has 4 heteroatoms. The zero-order valence-electron chi connectivity index (χ0n) is 10.9. The molecule has 0 unspecified atom stereocenters. The maximum Gasteiger partial charge on any atom is 0.0638 e. The van der Waals surface area contributed by atoms with Gasteiger partial charge < -0.3 is 10.1 Å². The number of ether oxygens (including phenoxy) is 1. The van der Waals surface area contributed by atoms with Crippen LogP contribution in [0.3, 0.4) is 0 Å². The monoisotopic (exact) mass is 237 g/mol. The topological polar surface area (TPSA) is 39.1 Å². The van der Waals surface area contributed by atoms with Crippen LogP contribution in [0.15, 0.2) is 6.20 Å². The normalized spacial score (nSPS) is 15.4. The van der Waals surface area contributed by atoms with Gasteiger partial charge in [-0.15, -0.1) is 0 Å². The lowest BCUT2D eigenvalue weighted by Crippen LogP contribution is -2.15. The fraction of sp³-hybridized carbons (Fsp3) is 0.769. The van der Waals surface area contributed by atoms with Gasteiger partial charge in [0, 0.05) is 44.6 Å². The minimum absolute atomic E-state index is 0.763. The Morgan fingerprint density at radius 3 is 3.00 bits per heavy atom. The number of rotatable bonds is 8. The average Bonchev–Trinajstić information content (AvgIpc) is 3.07. The Hall–Kier alpha value is -0.870. The number of nitrogens with zero attached hydrogens (tertiary/aromatic N) is 2. The van der Waals surface area contributed by atoms with Crippen molar-refractivity contribution >= 4 is 0 Å². The Labute approximate surface area is 103 Å². The number of aromatic nitrogens is 2. The zero-order valence-corrected chi connectivity index (χ0v) is 10.9. The highest BCUT2D eigenvalue weighted by Crippen LogP contribution is 2.19.